The third-order valence-corrected chi connectivity index (χ3v) is 3.79. The van der Waals surface area contributed by atoms with Crippen molar-refractivity contribution in [3.63, 3.8) is 0 Å². The average Bonchev–Trinajstić information content (AvgIpc) is 2.38. The summed E-state index contributed by atoms with van der Waals surface area (Å²) in [5.74, 6) is -0.967. The van der Waals surface area contributed by atoms with Crippen LogP contribution in [0.15, 0.2) is 0 Å². The largest absolute Gasteiger partial charge is 0.481 e. The molecule has 1 aliphatic heterocycles. The quantitative estimate of drug-likeness (QED) is 0.787. The van der Waals surface area contributed by atoms with Crippen molar-refractivity contribution in [2.45, 2.75) is 32.7 Å². The second-order valence-corrected chi connectivity index (χ2v) is 5.25. The van der Waals surface area contributed by atoms with Gasteiger partial charge in [-0.25, -0.2) is 4.79 Å². The first-order valence-electron chi connectivity index (χ1n) is 6.72. The zero-order valence-electron chi connectivity index (χ0n) is 11.9. The Bertz CT molecular complexity index is 314. The zero-order chi connectivity index (χ0) is 14.4. The van der Waals surface area contributed by atoms with Crippen LogP contribution in [-0.2, 0) is 9.53 Å². The third-order valence-electron chi connectivity index (χ3n) is 3.79. The molecule has 0 spiro atoms. The van der Waals surface area contributed by atoms with Gasteiger partial charge in [0.1, 0.15) is 0 Å². The molecule has 1 saturated heterocycles. The predicted molar refractivity (Wildman–Crippen MR) is 71.0 cm³/mol. The van der Waals surface area contributed by atoms with Crippen molar-refractivity contribution in [3.05, 3.63) is 0 Å². The first kappa shape index (κ1) is 15.8. The van der Waals surface area contributed by atoms with E-state index in [2.05, 4.69) is 5.32 Å². The fourth-order valence-electron chi connectivity index (χ4n) is 2.16. The molecule has 6 heteroatoms. The number of hydrogen-bond donors (Lipinski definition) is 2. The highest BCUT2D eigenvalue weighted by Gasteiger charge is 2.26. The Morgan fingerprint density at radius 1 is 1.37 bits per heavy atom. The normalized spacial score (nSPS) is 19.8. The lowest BCUT2D eigenvalue weighted by Crippen LogP contribution is -2.49. The summed E-state index contributed by atoms with van der Waals surface area (Å²) in [5.41, 5.74) is 0. The molecule has 1 rings (SSSR count). The number of likely N-dealkylation sites (tertiary alicyclic amines) is 1. The maximum atomic E-state index is 12.0. The molecule has 19 heavy (non-hydrogen) atoms. The van der Waals surface area contributed by atoms with Gasteiger partial charge in [-0.2, -0.15) is 0 Å². The first-order chi connectivity index (χ1) is 8.95. The van der Waals surface area contributed by atoms with Crippen molar-refractivity contribution in [2.24, 2.45) is 11.8 Å². The topological polar surface area (TPSA) is 78.9 Å². The van der Waals surface area contributed by atoms with Crippen molar-refractivity contribution in [1.29, 1.82) is 0 Å². The molecule has 0 aromatic rings. The number of rotatable bonds is 5. The van der Waals surface area contributed by atoms with Crippen molar-refractivity contribution in [3.8, 4) is 0 Å². The second kappa shape index (κ2) is 7.33. The van der Waals surface area contributed by atoms with E-state index in [9.17, 15) is 9.59 Å². The molecular weight excluding hydrogens is 248 g/mol. The molecule has 110 valence electrons. The van der Waals surface area contributed by atoms with E-state index in [1.165, 1.54) is 0 Å². The molecule has 0 bridgehead atoms. The van der Waals surface area contributed by atoms with Gasteiger partial charge in [0.25, 0.3) is 0 Å². The summed E-state index contributed by atoms with van der Waals surface area (Å²) < 4.78 is 5.12. The fourth-order valence-corrected chi connectivity index (χ4v) is 2.16. The van der Waals surface area contributed by atoms with Gasteiger partial charge in [-0.05, 0) is 32.6 Å². The van der Waals surface area contributed by atoms with Crippen LogP contribution >= 0.6 is 0 Å². The van der Waals surface area contributed by atoms with Gasteiger partial charge in [0, 0.05) is 32.8 Å². The molecule has 0 radical (unpaired) electrons. The van der Waals surface area contributed by atoms with Crippen molar-refractivity contribution >= 4 is 12.0 Å². The number of nitrogens with one attached hydrogen (secondary N) is 1. The van der Waals surface area contributed by atoms with Crippen LogP contribution in [0.5, 0.6) is 0 Å². The number of piperidine rings is 1. The fraction of sp³-hybridized carbons (Fsp3) is 0.846. The number of ether oxygens (including phenoxy) is 1. The molecule has 1 fully saturated rings. The molecule has 2 atom stereocenters. The van der Waals surface area contributed by atoms with Gasteiger partial charge in [-0.1, -0.05) is 0 Å². The summed E-state index contributed by atoms with van der Waals surface area (Å²) in [5, 5.41) is 11.6. The monoisotopic (exact) mass is 272 g/mol. The lowest BCUT2D eigenvalue weighted by molar-refractivity contribution is -0.141. The van der Waals surface area contributed by atoms with Gasteiger partial charge < -0.3 is 20.1 Å². The number of carboxylic acid groups (broad SMARTS) is 1. The molecule has 0 aromatic heterocycles. The summed E-state index contributed by atoms with van der Waals surface area (Å²) >= 11 is 0. The van der Waals surface area contributed by atoms with Crippen LogP contribution in [-0.4, -0.2) is 54.9 Å². The second-order valence-electron chi connectivity index (χ2n) is 5.25. The van der Waals surface area contributed by atoms with Gasteiger partial charge in [-0.15, -0.1) is 0 Å². The Morgan fingerprint density at radius 3 is 2.42 bits per heavy atom. The van der Waals surface area contributed by atoms with E-state index in [1.54, 1.807) is 25.9 Å². The van der Waals surface area contributed by atoms with Gasteiger partial charge in [0.15, 0.2) is 0 Å². The summed E-state index contributed by atoms with van der Waals surface area (Å²) in [6, 6.07) is -0.543. The van der Waals surface area contributed by atoms with Crippen LogP contribution < -0.4 is 5.32 Å². The maximum Gasteiger partial charge on any atom is 0.317 e. The van der Waals surface area contributed by atoms with E-state index in [-0.39, 0.29) is 12.1 Å². The van der Waals surface area contributed by atoms with Crippen LogP contribution in [0.3, 0.4) is 0 Å². The van der Waals surface area contributed by atoms with E-state index >= 15 is 0 Å². The summed E-state index contributed by atoms with van der Waals surface area (Å²) in [7, 11) is 1.69. The molecule has 6 nitrogen and oxygen atoms in total. The average molecular weight is 272 g/mol. The zero-order valence-corrected chi connectivity index (χ0v) is 11.9. The van der Waals surface area contributed by atoms with Crippen molar-refractivity contribution < 1.29 is 19.4 Å². The molecular formula is C13H24N2O4. The third kappa shape index (κ3) is 4.70. The minimum absolute atomic E-state index is 0.170. The van der Waals surface area contributed by atoms with Crippen molar-refractivity contribution in [2.75, 3.05) is 26.8 Å². The Hall–Kier alpha value is -1.30. The van der Waals surface area contributed by atoms with E-state index in [0.717, 1.165) is 19.4 Å². The van der Waals surface area contributed by atoms with Crippen LogP contribution in [0.4, 0.5) is 4.79 Å². The van der Waals surface area contributed by atoms with Gasteiger partial charge >= 0.3 is 12.0 Å². The summed E-state index contributed by atoms with van der Waals surface area (Å²) in [4.78, 5) is 24.6. The Morgan fingerprint density at radius 2 is 1.95 bits per heavy atom. The lowest BCUT2D eigenvalue weighted by atomic mass is 9.98. The molecule has 1 aliphatic rings. The minimum atomic E-state index is -0.897. The Balaban J connectivity index is 2.37. The van der Waals surface area contributed by atoms with Gasteiger partial charge in [0.05, 0.1) is 5.92 Å². The minimum Gasteiger partial charge on any atom is -0.481 e. The SMILES string of the molecule is COCC1CCN(C(=O)NC(C)C(C)C(=O)O)CC1. The molecule has 1 heterocycles. The smallest absolute Gasteiger partial charge is 0.317 e. The molecule has 0 aliphatic carbocycles. The van der Waals surface area contributed by atoms with Crippen LogP contribution in [0.2, 0.25) is 0 Å². The molecule has 2 amide bonds. The number of aliphatic carboxylic acids is 1. The summed E-state index contributed by atoms with van der Waals surface area (Å²) in [6.07, 6.45) is 1.87. The number of amides is 2. The lowest BCUT2D eigenvalue weighted by Gasteiger charge is -2.33. The number of methoxy groups -OCH3 is 1. The molecule has 2 unspecified atom stereocenters. The number of carboxylic acids is 1. The van der Waals surface area contributed by atoms with Gasteiger partial charge in [0.2, 0.25) is 0 Å². The van der Waals surface area contributed by atoms with Crippen LogP contribution in [0, 0.1) is 11.8 Å². The molecule has 0 aromatic carbocycles. The van der Waals surface area contributed by atoms with Crippen molar-refractivity contribution in [1.82, 2.24) is 10.2 Å². The highest BCUT2D eigenvalue weighted by Crippen LogP contribution is 2.17. The standard InChI is InChI=1S/C13H24N2O4/c1-9(12(16)17)10(2)14-13(18)15-6-4-11(5-7-15)8-19-3/h9-11H,4-8H2,1-3H3,(H,14,18)(H,16,17). The number of carbonyl (C=O) groups excluding carboxylic acids is 1. The highest BCUT2D eigenvalue weighted by molar-refractivity contribution is 5.76. The maximum absolute atomic E-state index is 12.0. The van der Waals surface area contributed by atoms with E-state index in [4.69, 9.17) is 9.84 Å². The van der Waals surface area contributed by atoms with Crippen LogP contribution in [0.1, 0.15) is 26.7 Å². The molecule has 0 saturated carbocycles. The first-order valence-corrected chi connectivity index (χ1v) is 6.72. The van der Waals surface area contributed by atoms with Crippen LogP contribution in [0.25, 0.3) is 0 Å². The highest BCUT2D eigenvalue weighted by atomic mass is 16.5. The van der Waals surface area contributed by atoms with E-state index < -0.39 is 11.9 Å². The predicted octanol–water partition coefficient (Wildman–Crippen LogP) is 1.16. The summed E-state index contributed by atoms with van der Waals surface area (Å²) in [6.45, 7) is 5.45. The van der Waals surface area contributed by atoms with E-state index in [0.29, 0.717) is 19.0 Å². The van der Waals surface area contributed by atoms with E-state index in [1.807, 2.05) is 0 Å². The number of carbonyl (C=O) groups is 2. The Kier molecular flexibility index (Phi) is 6.08. The number of urea groups is 1. The Labute approximate surface area is 114 Å². The number of hydrogen-bond acceptors (Lipinski definition) is 3. The van der Waals surface area contributed by atoms with Gasteiger partial charge in [-0.3, -0.25) is 4.79 Å². The molecule has 2 N–H and O–H groups in total. The number of nitrogens with zero attached hydrogens (tertiary/aromatic N) is 1.